The van der Waals surface area contributed by atoms with Crippen molar-refractivity contribution in [1.82, 2.24) is 9.97 Å². The molecule has 3 aromatic carbocycles. The Hall–Kier alpha value is -4.18. The van der Waals surface area contributed by atoms with Gasteiger partial charge in [0, 0.05) is 43.1 Å². The molecule has 0 atom stereocenters. The highest BCUT2D eigenvalue weighted by Crippen LogP contribution is 2.37. The number of aromatic amines is 1. The van der Waals surface area contributed by atoms with Crippen LogP contribution in [0.15, 0.2) is 98.7 Å². The van der Waals surface area contributed by atoms with Crippen molar-refractivity contribution in [3.8, 4) is 39.7 Å². The lowest BCUT2D eigenvalue weighted by atomic mass is 9.94. The van der Waals surface area contributed by atoms with Crippen LogP contribution in [0, 0.1) is 11.3 Å². The summed E-state index contributed by atoms with van der Waals surface area (Å²) in [5.41, 5.74) is 4.70. The van der Waals surface area contributed by atoms with E-state index in [1.165, 1.54) is 0 Å². The van der Waals surface area contributed by atoms with E-state index in [0.717, 1.165) is 31.9 Å². The Labute approximate surface area is 218 Å². The molecular formula is C29H15BrClN3O2. The molecule has 0 bridgehead atoms. The molecule has 3 heterocycles. The first kappa shape index (κ1) is 22.3. The Morgan fingerprint density at radius 2 is 1.75 bits per heavy atom. The van der Waals surface area contributed by atoms with Crippen LogP contribution in [-0.4, -0.2) is 9.97 Å². The lowest BCUT2D eigenvalue weighted by Crippen LogP contribution is -2.06. The quantitative estimate of drug-likeness (QED) is 0.226. The average Bonchev–Trinajstić information content (AvgIpc) is 3.32. The van der Waals surface area contributed by atoms with Gasteiger partial charge in [-0.05, 0) is 54.1 Å². The molecule has 0 aliphatic rings. The number of hydrogen-bond donors (Lipinski definition) is 1. The van der Waals surface area contributed by atoms with Crippen LogP contribution in [0.25, 0.3) is 55.5 Å². The van der Waals surface area contributed by atoms with Gasteiger partial charge in [-0.15, -0.1) is 0 Å². The number of rotatable bonds is 3. The maximum Gasteiger partial charge on any atom is 0.345 e. The standard InChI is InChI=1S/C29H15BrClN3O2/c30-18-7-10-27-17(11-18)12-22(29(35)36-27)26-13-21(16-5-8-19(31)9-6-16)23(14-32)28(34-26)24-15-33-25-4-2-1-3-20(24)25/h1-13,15,33H. The Morgan fingerprint density at radius 3 is 2.56 bits per heavy atom. The van der Waals surface area contributed by atoms with Crippen molar-refractivity contribution in [3.05, 3.63) is 111 Å². The maximum atomic E-state index is 13.1. The second-order valence-electron chi connectivity index (χ2n) is 8.27. The van der Waals surface area contributed by atoms with Crippen molar-refractivity contribution >= 4 is 49.4 Å². The van der Waals surface area contributed by atoms with Crippen molar-refractivity contribution in [2.75, 3.05) is 0 Å². The Kier molecular flexibility index (Phi) is 5.45. The lowest BCUT2D eigenvalue weighted by molar-refractivity contribution is 0.563. The molecule has 0 aliphatic heterocycles. The highest BCUT2D eigenvalue weighted by molar-refractivity contribution is 9.10. The molecule has 5 nitrogen and oxygen atoms in total. The first-order valence-electron chi connectivity index (χ1n) is 11.0. The van der Waals surface area contributed by atoms with Gasteiger partial charge in [0.25, 0.3) is 0 Å². The zero-order chi connectivity index (χ0) is 24.8. The van der Waals surface area contributed by atoms with E-state index >= 15 is 0 Å². The van der Waals surface area contributed by atoms with Gasteiger partial charge in [0.15, 0.2) is 0 Å². The van der Waals surface area contributed by atoms with E-state index in [2.05, 4.69) is 27.0 Å². The molecule has 0 aliphatic carbocycles. The summed E-state index contributed by atoms with van der Waals surface area (Å²) in [6.07, 6.45) is 1.84. The van der Waals surface area contributed by atoms with E-state index in [1.807, 2.05) is 54.7 Å². The number of nitrogens with one attached hydrogen (secondary N) is 1. The molecule has 6 rings (SSSR count). The largest absolute Gasteiger partial charge is 0.422 e. The molecule has 0 spiro atoms. The fourth-order valence-electron chi connectivity index (χ4n) is 4.39. The first-order chi connectivity index (χ1) is 17.5. The minimum Gasteiger partial charge on any atom is -0.422 e. The fraction of sp³-hybridized carbons (Fsp3) is 0. The minimum absolute atomic E-state index is 0.307. The zero-order valence-corrected chi connectivity index (χ0v) is 20.9. The normalized spacial score (nSPS) is 11.1. The van der Waals surface area contributed by atoms with E-state index < -0.39 is 5.63 Å². The summed E-state index contributed by atoms with van der Waals surface area (Å²) in [6.45, 7) is 0. The van der Waals surface area contributed by atoms with Gasteiger partial charge < -0.3 is 9.40 Å². The predicted molar refractivity (Wildman–Crippen MR) is 146 cm³/mol. The number of H-pyrrole nitrogens is 1. The van der Waals surface area contributed by atoms with E-state index in [0.29, 0.717) is 38.7 Å². The lowest BCUT2D eigenvalue weighted by Gasteiger charge is -2.13. The molecule has 0 radical (unpaired) electrons. The molecule has 7 heteroatoms. The molecule has 1 N–H and O–H groups in total. The third-order valence-electron chi connectivity index (χ3n) is 6.10. The van der Waals surface area contributed by atoms with Crippen LogP contribution in [0.3, 0.4) is 0 Å². The third-order valence-corrected chi connectivity index (χ3v) is 6.85. The van der Waals surface area contributed by atoms with Gasteiger partial charge in [0.2, 0.25) is 0 Å². The fourth-order valence-corrected chi connectivity index (χ4v) is 4.89. The van der Waals surface area contributed by atoms with Gasteiger partial charge >= 0.3 is 5.63 Å². The number of aromatic nitrogens is 2. The Morgan fingerprint density at radius 1 is 0.944 bits per heavy atom. The summed E-state index contributed by atoms with van der Waals surface area (Å²) >= 11 is 9.60. The average molecular weight is 553 g/mol. The molecule has 0 saturated carbocycles. The molecule has 0 fully saturated rings. The number of nitrogens with zero attached hydrogens (tertiary/aromatic N) is 2. The van der Waals surface area contributed by atoms with Crippen LogP contribution in [0.1, 0.15) is 5.56 Å². The van der Waals surface area contributed by atoms with Gasteiger partial charge in [0.05, 0.1) is 22.5 Å². The summed E-state index contributed by atoms with van der Waals surface area (Å²) in [5.74, 6) is 0. The second-order valence-corrected chi connectivity index (χ2v) is 9.63. The number of halogens is 2. The summed E-state index contributed by atoms with van der Waals surface area (Å²) in [5, 5.41) is 12.5. The number of pyridine rings is 1. The van der Waals surface area contributed by atoms with Gasteiger partial charge in [0.1, 0.15) is 11.7 Å². The van der Waals surface area contributed by atoms with Crippen molar-refractivity contribution in [2.45, 2.75) is 0 Å². The molecule has 0 amide bonds. The topological polar surface area (TPSA) is 82.7 Å². The van der Waals surface area contributed by atoms with Crippen molar-refractivity contribution in [3.63, 3.8) is 0 Å². The van der Waals surface area contributed by atoms with E-state index in [-0.39, 0.29) is 0 Å². The number of para-hydroxylation sites is 1. The molecule has 3 aromatic heterocycles. The van der Waals surface area contributed by atoms with Gasteiger partial charge in [-0.2, -0.15) is 5.26 Å². The summed E-state index contributed by atoms with van der Waals surface area (Å²) < 4.78 is 6.48. The maximum absolute atomic E-state index is 13.1. The predicted octanol–water partition coefficient (Wildman–Crippen LogP) is 7.96. The highest BCUT2D eigenvalue weighted by Gasteiger charge is 2.21. The smallest absolute Gasteiger partial charge is 0.345 e. The molecule has 6 aromatic rings. The minimum atomic E-state index is -0.506. The van der Waals surface area contributed by atoms with Crippen LogP contribution in [0.4, 0.5) is 0 Å². The Balaban J connectivity index is 1.69. The van der Waals surface area contributed by atoms with E-state index in [1.54, 1.807) is 30.3 Å². The number of benzene rings is 3. The molecule has 172 valence electrons. The van der Waals surface area contributed by atoms with Gasteiger partial charge in [-0.1, -0.05) is 57.9 Å². The first-order valence-corrected chi connectivity index (χ1v) is 12.2. The van der Waals surface area contributed by atoms with Crippen LogP contribution in [0.5, 0.6) is 0 Å². The van der Waals surface area contributed by atoms with Crippen molar-refractivity contribution < 1.29 is 4.42 Å². The van der Waals surface area contributed by atoms with Gasteiger partial charge in [-0.3, -0.25) is 0 Å². The third kappa shape index (κ3) is 3.79. The second kappa shape index (κ2) is 8.80. The SMILES string of the molecule is N#Cc1c(-c2ccc(Cl)cc2)cc(-c2cc3cc(Br)ccc3oc2=O)nc1-c1c[nH]c2ccccc12. The summed E-state index contributed by atoms with van der Waals surface area (Å²) in [6, 6.07) is 26.4. The highest BCUT2D eigenvalue weighted by atomic mass is 79.9. The summed E-state index contributed by atoms with van der Waals surface area (Å²) in [7, 11) is 0. The molecule has 0 saturated heterocycles. The molecule has 0 unspecified atom stereocenters. The monoisotopic (exact) mass is 551 g/mol. The summed E-state index contributed by atoms with van der Waals surface area (Å²) in [4.78, 5) is 21.2. The number of fused-ring (bicyclic) bond motifs is 2. The molecular weight excluding hydrogens is 538 g/mol. The van der Waals surface area contributed by atoms with Crippen molar-refractivity contribution in [2.24, 2.45) is 0 Å². The Bertz CT molecular complexity index is 1900. The molecule has 36 heavy (non-hydrogen) atoms. The van der Waals surface area contributed by atoms with Crippen molar-refractivity contribution in [1.29, 1.82) is 5.26 Å². The van der Waals surface area contributed by atoms with Crippen LogP contribution < -0.4 is 5.63 Å². The van der Waals surface area contributed by atoms with E-state index in [9.17, 15) is 10.1 Å². The van der Waals surface area contributed by atoms with Crippen LogP contribution in [-0.2, 0) is 0 Å². The van der Waals surface area contributed by atoms with Gasteiger partial charge in [-0.25, -0.2) is 9.78 Å². The number of nitriles is 1. The van der Waals surface area contributed by atoms with E-state index in [4.69, 9.17) is 21.0 Å². The number of hydrogen-bond acceptors (Lipinski definition) is 4. The van der Waals surface area contributed by atoms with Crippen LogP contribution in [0.2, 0.25) is 5.02 Å². The van der Waals surface area contributed by atoms with Crippen LogP contribution >= 0.6 is 27.5 Å². The zero-order valence-electron chi connectivity index (χ0n) is 18.5.